The summed E-state index contributed by atoms with van der Waals surface area (Å²) in [5, 5.41) is 140. The zero-order valence-electron chi connectivity index (χ0n) is 66.9. The molecule has 680 valence electrons. The molecule has 7 heterocycles. The number of H-pyrrole nitrogens is 2. The van der Waals surface area contributed by atoms with Gasteiger partial charge in [-0.3, -0.25) is 37.1 Å². The first kappa shape index (κ1) is 119. The van der Waals surface area contributed by atoms with Crippen LogP contribution in [0.4, 0.5) is 0 Å². The normalized spacial score (nSPS) is 30.7. The molecule has 4 aromatic rings. The van der Waals surface area contributed by atoms with Gasteiger partial charge in [-0.2, -0.15) is 59.5 Å². The van der Waals surface area contributed by atoms with E-state index >= 15 is 0 Å². The number of benzene rings is 2. The molecule has 0 bridgehead atoms. The summed E-state index contributed by atoms with van der Waals surface area (Å²) in [6.07, 6.45) is -38.1. The third-order valence-electron chi connectivity index (χ3n) is 16.8. The molecule has 0 aliphatic carbocycles. The largest absolute Gasteiger partial charge is 1.00 e. The van der Waals surface area contributed by atoms with E-state index in [0.717, 1.165) is 50.5 Å². The van der Waals surface area contributed by atoms with Crippen LogP contribution in [0.5, 0.6) is 0 Å². The van der Waals surface area contributed by atoms with Crippen LogP contribution in [0.1, 0.15) is 23.6 Å². The van der Waals surface area contributed by atoms with Crippen molar-refractivity contribution in [2.45, 2.75) is 165 Å². The molecule has 5 saturated heterocycles. The molecule has 5 aliphatic heterocycles. The van der Waals surface area contributed by atoms with Crippen molar-refractivity contribution in [3.63, 3.8) is 0 Å². The number of methoxy groups -OCH3 is 2. The number of aliphatic hydroxyl groups is 14. The summed E-state index contributed by atoms with van der Waals surface area (Å²) in [5.74, 6) is 1.30. The van der Waals surface area contributed by atoms with E-state index in [1.165, 1.54) is 55.3 Å². The number of rotatable bonds is 37. The molecular formula is C60H98N4Na4O47P4S4+8. The zero-order chi connectivity index (χ0) is 88.9. The molecule has 5 aliphatic rings. The van der Waals surface area contributed by atoms with Gasteiger partial charge in [0.2, 0.25) is 12.6 Å². The Hall–Kier alpha value is -0.0800. The van der Waals surface area contributed by atoms with Crippen LogP contribution >= 0.6 is 55.7 Å². The van der Waals surface area contributed by atoms with Gasteiger partial charge < -0.3 is 134 Å². The predicted molar refractivity (Wildman–Crippen MR) is 403 cm³/mol. The minimum absolute atomic E-state index is 0. The second-order valence-corrected chi connectivity index (χ2v) is 36.8. The van der Waals surface area contributed by atoms with Crippen molar-refractivity contribution in [3.05, 3.63) is 126 Å². The Labute approximate surface area is 797 Å². The summed E-state index contributed by atoms with van der Waals surface area (Å²) < 4.78 is 184. The summed E-state index contributed by atoms with van der Waals surface area (Å²) >= 11 is 5.21. The van der Waals surface area contributed by atoms with Gasteiger partial charge in [-0.1, -0.05) is 44.0 Å². The Morgan fingerprint density at radius 1 is 0.431 bits per heavy atom. The number of thiol groups is 1. The molecule has 27 atom stereocenters. The molecule has 63 heteroatoms. The Balaban J connectivity index is 0.000000615. The van der Waals surface area contributed by atoms with Crippen molar-refractivity contribution in [2.75, 3.05) is 97.5 Å². The van der Waals surface area contributed by atoms with Crippen molar-refractivity contribution in [1.29, 1.82) is 0 Å². The maximum Gasteiger partial charge on any atom is 1.00 e. The molecular weight excluding hydrogens is 1870 g/mol. The summed E-state index contributed by atoms with van der Waals surface area (Å²) in [4.78, 5) is 81.0. The molecule has 123 heavy (non-hydrogen) atoms. The van der Waals surface area contributed by atoms with Crippen molar-refractivity contribution in [1.82, 2.24) is 19.1 Å². The minimum Gasteiger partial charge on any atom is -0.388 e. The zero-order valence-corrected chi connectivity index (χ0v) is 81.8. The fourth-order valence-electron chi connectivity index (χ4n) is 10.5. The number of thioether (sulfide) groups is 1. The van der Waals surface area contributed by atoms with E-state index in [0.29, 0.717) is 45.4 Å². The monoisotopic (exact) mass is 1970 g/mol. The maximum atomic E-state index is 12.7. The molecule has 2 aromatic carbocycles. The van der Waals surface area contributed by atoms with E-state index in [9.17, 15) is 126 Å². The smallest absolute Gasteiger partial charge is 0.388 e. The first-order valence-electron chi connectivity index (χ1n) is 34.8. The minimum atomic E-state index is -5.45. The third-order valence-corrected chi connectivity index (χ3v) is 26.0. The van der Waals surface area contributed by atoms with Crippen molar-refractivity contribution in [3.8, 4) is 0 Å². The van der Waals surface area contributed by atoms with Crippen molar-refractivity contribution < 1.29 is 322 Å². The van der Waals surface area contributed by atoms with Gasteiger partial charge in [0.05, 0.1) is 82.0 Å². The number of aliphatic hydroxyl groups excluding tert-OH is 14. The fraction of sp³-hybridized carbons (Fsp3) is 0.667. The van der Waals surface area contributed by atoms with Gasteiger partial charge in [-0.25, -0.2) is 27.7 Å². The Morgan fingerprint density at radius 2 is 0.772 bits per heavy atom. The van der Waals surface area contributed by atoms with E-state index in [1.807, 2.05) is 9.97 Å². The first-order chi connectivity index (χ1) is 55.6. The van der Waals surface area contributed by atoms with Gasteiger partial charge in [-0.15, -0.1) is 0 Å². The summed E-state index contributed by atoms with van der Waals surface area (Å²) in [7, 11) is -26.5. The Bertz CT molecular complexity index is 4520. The van der Waals surface area contributed by atoms with Crippen LogP contribution in [-0.2, 0) is 116 Å². The maximum absolute atomic E-state index is 12.7. The quantitative estimate of drug-likeness (QED) is 0.00498. The average molecular weight is 1970 g/mol. The third kappa shape index (κ3) is 36.9. The van der Waals surface area contributed by atoms with E-state index in [4.69, 9.17) is 88.7 Å². The Kier molecular flexibility index (Phi) is 53.3. The predicted octanol–water partition coefficient (Wildman–Crippen LogP) is -20.4. The van der Waals surface area contributed by atoms with Gasteiger partial charge in [0.15, 0.2) is 18.7 Å². The summed E-state index contributed by atoms with van der Waals surface area (Å²) in [6, 6.07) is 13.3. The van der Waals surface area contributed by atoms with Crippen LogP contribution in [0.2, 0.25) is 0 Å². The van der Waals surface area contributed by atoms with E-state index < -0.39 is 242 Å². The van der Waals surface area contributed by atoms with Gasteiger partial charge in [0.1, 0.15) is 104 Å². The molecule has 0 amide bonds. The summed E-state index contributed by atoms with van der Waals surface area (Å²) in [5.41, 5.74) is -1.82. The van der Waals surface area contributed by atoms with Crippen LogP contribution < -0.4 is 141 Å². The van der Waals surface area contributed by atoms with E-state index in [2.05, 4.69) is 21.3 Å². The second-order valence-electron chi connectivity index (χ2n) is 25.8. The molecule has 0 saturated carbocycles. The number of aryl methyl sites for hydroxylation is 2. The van der Waals surface area contributed by atoms with Gasteiger partial charge in [0.25, 0.3) is 31.4 Å². The van der Waals surface area contributed by atoms with E-state index in [-0.39, 0.29) is 134 Å². The number of ether oxygens (including phenoxy) is 9. The Morgan fingerprint density at radius 3 is 1.15 bits per heavy atom. The fourth-order valence-corrected chi connectivity index (χ4v) is 17.9. The molecule has 0 spiro atoms. The van der Waals surface area contributed by atoms with E-state index in [1.54, 1.807) is 33.1 Å². The molecule has 24 N–H and O–H groups in total. The van der Waals surface area contributed by atoms with Crippen LogP contribution in [0.15, 0.2) is 102 Å². The molecule has 5 fully saturated rings. The van der Waals surface area contributed by atoms with Gasteiger partial charge in [-0.05, 0) is 38.1 Å². The molecule has 15 unspecified atom stereocenters. The van der Waals surface area contributed by atoms with Gasteiger partial charge >= 0.3 is 161 Å². The van der Waals surface area contributed by atoms with Crippen molar-refractivity contribution >= 4 is 75.9 Å². The molecule has 51 nitrogen and oxygen atoms in total. The van der Waals surface area contributed by atoms with Crippen LogP contribution in [0.25, 0.3) is 0 Å². The number of aromatic amines is 2. The van der Waals surface area contributed by atoms with Gasteiger partial charge in [0, 0.05) is 56.0 Å². The number of nitrogens with zero attached hydrogens (tertiary/aromatic N) is 2. The molecule has 2 aromatic heterocycles. The number of aromatic nitrogens is 4. The van der Waals surface area contributed by atoms with Crippen LogP contribution in [0.3, 0.4) is 0 Å². The second kappa shape index (κ2) is 55.1. The van der Waals surface area contributed by atoms with Crippen molar-refractivity contribution in [2.24, 2.45) is 0 Å². The number of hydrogen-bond donors (Lipinski definition) is 17. The topological polar surface area (TPSA) is 778 Å². The average Bonchev–Trinajstić information content (AvgIpc) is 1.65. The van der Waals surface area contributed by atoms with Crippen LogP contribution in [0, 0.1) is 13.8 Å². The van der Waals surface area contributed by atoms with Crippen LogP contribution in [-0.4, -0.2) is 353 Å². The summed E-state index contributed by atoms with van der Waals surface area (Å²) in [6.45, 7) is 3.23. The number of hydrogen-bond acceptors (Lipinski definition) is 45. The SMILES string of the molecule is COCCOCCS.COCCOCCSCC1O[C@H](OP(=O)([OH2+])OP(=O)([OH2+])OCC2OC(n3ccc(=O)[nH]c3=O)[C@H](O)[C@@H]2O)C(O)[C@@H](O)[C@H]1O.Cc1ccc(S(=O)(=O)OCC2OC(O)C(O)[C@@H](O)[C@H]2O)cc1.Cc1ccc(S(=O)(=O)OCC2O[C@H](OP(=O)([OH2+])OP(=O)([OH2+])OCC3OC(n4ccc(=O)[nH]c4=O)[C@H](O)[C@@H]3O)C(O)[C@@H](O)[C@H]2O)cc1.[Na+].[Na+].[Na+].[Na+]. The molecule has 9 rings (SSSR count). The first-order valence-corrected chi connectivity index (χ1v) is 45.5. The molecule has 0 radical (unpaired) electrons. The number of nitrogens with one attached hydrogen (secondary N) is 2. The standard InChI is InChI=1S/C22H30N2O19P2S.C20H34N2O18P2S.C13H18O8S.C5H12O2S.4Na/c1-10-2-4-11(5-3-10)46(36,37)39-9-13-15(26)17(28)19(30)21(41-13)42-45(34,35)43-44(32,33)38-8-12-16(27)18(29)20(40-12)24-7-6-14(25)23-22(24)31;1-34-4-5-35-6-7-43-9-11-14(25)15(26)17(28)19(38-11)39-42(32,33)40-41(30,31)36-8-10-13(24)16(27)18(37-10)22-3-2-12(23)21-20(22)29;1-7-2-4-8(5-3-7)22(18,19)20-6-9-10(14)11(15)12(16)13(17)21-9;1-6-2-3-7-4-5-8;;;;/h2-7,12-13,15-21,26-30H,8-9H2,1H3,(H,32,33)(H,34,35)(H,23,25,31);2-3,10-11,13-19,24-28H,4-9H2,1H3,(H,30,31)(H,32,33)(H,21,23,29);2-5,9-17H,6H2,1H3;8H,2-5H2,1H3;;;;/q;;;;4*+1/p+4/t12?,13?,15-,16+,17-,18+,19?,20?,21+;10?,11?,13-,14+,15+,16-,17?,18?,19-;9?,10-,11-,12?,13?;;;;;/m010...../s1.